The molecular formula is C19H16N2S. The van der Waals surface area contributed by atoms with Gasteiger partial charge in [0.15, 0.2) is 0 Å². The van der Waals surface area contributed by atoms with Gasteiger partial charge in [0.05, 0.1) is 17.1 Å². The Morgan fingerprint density at radius 2 is 1.95 bits per heavy atom. The van der Waals surface area contributed by atoms with Crippen molar-refractivity contribution in [2.24, 2.45) is 0 Å². The molecule has 2 aromatic carbocycles. The van der Waals surface area contributed by atoms with Gasteiger partial charge in [0.25, 0.3) is 0 Å². The van der Waals surface area contributed by atoms with Crippen molar-refractivity contribution < 1.29 is 0 Å². The molecule has 108 valence electrons. The number of nitrogens with zero attached hydrogens (tertiary/aromatic N) is 2. The summed E-state index contributed by atoms with van der Waals surface area (Å²) in [5.41, 5.74) is 7.10. The van der Waals surface area contributed by atoms with E-state index < -0.39 is 0 Å². The van der Waals surface area contributed by atoms with Crippen molar-refractivity contribution in [1.29, 1.82) is 5.26 Å². The lowest BCUT2D eigenvalue weighted by Gasteiger charge is -2.14. The number of aromatic nitrogens is 1. The van der Waals surface area contributed by atoms with Gasteiger partial charge in [-0.2, -0.15) is 5.26 Å². The maximum absolute atomic E-state index is 9.43. The van der Waals surface area contributed by atoms with Crippen LogP contribution in [-0.4, -0.2) is 4.98 Å². The van der Waals surface area contributed by atoms with Gasteiger partial charge in [-0.15, -0.1) is 11.3 Å². The zero-order chi connectivity index (χ0) is 15.5. The Morgan fingerprint density at radius 1 is 1.14 bits per heavy atom. The fraction of sp³-hybridized carbons (Fsp3) is 0.158. The molecule has 1 atom stereocenters. The summed E-state index contributed by atoms with van der Waals surface area (Å²) in [4.78, 5) is 5.40. The molecule has 3 rings (SSSR count). The smallest absolute Gasteiger partial charge is 0.0998 e. The van der Waals surface area contributed by atoms with Crippen molar-refractivity contribution >= 4 is 11.3 Å². The highest BCUT2D eigenvalue weighted by Crippen LogP contribution is 2.33. The van der Waals surface area contributed by atoms with Crippen LogP contribution >= 0.6 is 11.3 Å². The molecule has 2 nitrogen and oxygen atoms in total. The minimum Gasteiger partial charge on any atom is -0.253 e. The molecule has 0 fully saturated rings. The third-order valence-corrected chi connectivity index (χ3v) is 4.94. The van der Waals surface area contributed by atoms with Gasteiger partial charge in [-0.3, -0.25) is 4.98 Å². The van der Waals surface area contributed by atoms with Crippen LogP contribution in [0, 0.1) is 18.3 Å². The Bertz CT molecular complexity index is 829. The predicted molar refractivity (Wildman–Crippen MR) is 91.0 cm³/mol. The molecule has 3 heteroatoms. The maximum Gasteiger partial charge on any atom is 0.0998 e. The molecule has 0 aliphatic heterocycles. The summed E-state index contributed by atoms with van der Waals surface area (Å²) in [5, 5.41) is 9.43. The zero-order valence-corrected chi connectivity index (χ0v) is 13.4. The van der Waals surface area contributed by atoms with E-state index in [1.165, 1.54) is 16.0 Å². The maximum atomic E-state index is 9.43. The third kappa shape index (κ3) is 2.66. The van der Waals surface area contributed by atoms with Crippen LogP contribution in [0.1, 0.15) is 34.4 Å². The molecule has 0 aliphatic rings. The molecule has 0 saturated carbocycles. The van der Waals surface area contributed by atoms with Crippen molar-refractivity contribution in [3.05, 3.63) is 75.7 Å². The van der Waals surface area contributed by atoms with Gasteiger partial charge in [0.1, 0.15) is 0 Å². The second kappa shape index (κ2) is 6.13. The minimum absolute atomic E-state index is 0.281. The van der Waals surface area contributed by atoms with E-state index in [2.05, 4.69) is 43.1 Å². The monoisotopic (exact) mass is 304 g/mol. The van der Waals surface area contributed by atoms with Crippen LogP contribution in [0.2, 0.25) is 0 Å². The van der Waals surface area contributed by atoms with Gasteiger partial charge in [0.2, 0.25) is 0 Å². The molecule has 0 radical (unpaired) electrons. The van der Waals surface area contributed by atoms with E-state index in [0.717, 1.165) is 16.7 Å². The zero-order valence-electron chi connectivity index (χ0n) is 12.6. The summed E-state index contributed by atoms with van der Waals surface area (Å²) in [5.74, 6) is 0.281. The van der Waals surface area contributed by atoms with Gasteiger partial charge in [-0.25, -0.2) is 0 Å². The molecule has 0 aliphatic carbocycles. The highest BCUT2D eigenvalue weighted by Gasteiger charge is 2.14. The lowest BCUT2D eigenvalue weighted by Crippen LogP contribution is -1.96. The largest absolute Gasteiger partial charge is 0.253 e. The van der Waals surface area contributed by atoms with Gasteiger partial charge in [0, 0.05) is 17.0 Å². The lowest BCUT2D eigenvalue weighted by atomic mass is 9.91. The summed E-state index contributed by atoms with van der Waals surface area (Å²) in [7, 11) is 0. The van der Waals surface area contributed by atoms with E-state index in [1.54, 1.807) is 11.3 Å². The number of hydrogen-bond acceptors (Lipinski definition) is 3. The Labute approximate surface area is 134 Å². The highest BCUT2D eigenvalue weighted by atomic mass is 32.1. The topological polar surface area (TPSA) is 36.7 Å². The number of thiazole rings is 1. The molecule has 0 N–H and O–H groups in total. The van der Waals surface area contributed by atoms with E-state index in [1.807, 2.05) is 36.0 Å². The molecule has 0 amide bonds. The standard InChI is InChI=1S/C19H16N2S/c1-13-5-3-4-6-17(13)18-9-15(7-8-16(18)10-20)14(2)19-11-21-12-22-19/h3-9,11-12,14H,1-2H3. The summed E-state index contributed by atoms with van der Waals surface area (Å²) < 4.78 is 0. The van der Waals surface area contributed by atoms with Crippen LogP contribution in [0.5, 0.6) is 0 Å². The first kappa shape index (κ1) is 14.5. The normalized spacial score (nSPS) is 11.9. The van der Waals surface area contributed by atoms with Crippen LogP contribution in [0.3, 0.4) is 0 Å². The summed E-state index contributed by atoms with van der Waals surface area (Å²) >= 11 is 1.66. The van der Waals surface area contributed by atoms with Gasteiger partial charge in [-0.1, -0.05) is 37.3 Å². The fourth-order valence-electron chi connectivity index (χ4n) is 2.63. The van der Waals surface area contributed by atoms with E-state index in [0.29, 0.717) is 0 Å². The summed E-state index contributed by atoms with van der Waals surface area (Å²) in [6.45, 7) is 4.26. The van der Waals surface area contributed by atoms with Crippen LogP contribution in [0.25, 0.3) is 11.1 Å². The first-order chi connectivity index (χ1) is 10.7. The van der Waals surface area contributed by atoms with Gasteiger partial charge in [-0.05, 0) is 41.3 Å². The highest BCUT2D eigenvalue weighted by molar-refractivity contribution is 7.09. The number of rotatable bonds is 3. The molecule has 1 unspecified atom stereocenters. The summed E-state index contributed by atoms with van der Waals surface area (Å²) in [6, 6.07) is 16.6. The number of nitriles is 1. The second-order valence-electron chi connectivity index (χ2n) is 5.36. The SMILES string of the molecule is Cc1ccccc1-c1cc(C(C)c2cncs2)ccc1C#N. The molecule has 1 heterocycles. The minimum atomic E-state index is 0.281. The Morgan fingerprint density at radius 3 is 2.64 bits per heavy atom. The molecule has 0 spiro atoms. The van der Waals surface area contributed by atoms with Gasteiger partial charge >= 0.3 is 0 Å². The van der Waals surface area contributed by atoms with Crippen molar-refractivity contribution in [3.8, 4) is 17.2 Å². The van der Waals surface area contributed by atoms with E-state index in [4.69, 9.17) is 0 Å². The molecule has 1 aromatic heterocycles. The fourth-order valence-corrected chi connectivity index (χ4v) is 3.34. The second-order valence-corrected chi connectivity index (χ2v) is 6.28. The molecule has 22 heavy (non-hydrogen) atoms. The predicted octanol–water partition coefficient (Wildman–Crippen LogP) is 5.14. The Hall–Kier alpha value is -2.44. The quantitative estimate of drug-likeness (QED) is 0.671. The van der Waals surface area contributed by atoms with Crippen molar-refractivity contribution in [1.82, 2.24) is 4.98 Å². The van der Waals surface area contributed by atoms with Gasteiger partial charge < -0.3 is 0 Å². The Kier molecular flexibility index (Phi) is 4.04. The average molecular weight is 304 g/mol. The van der Waals surface area contributed by atoms with E-state index in [9.17, 15) is 5.26 Å². The summed E-state index contributed by atoms with van der Waals surface area (Å²) in [6.07, 6.45) is 1.92. The molecule has 3 aromatic rings. The van der Waals surface area contributed by atoms with Crippen LogP contribution in [0.15, 0.2) is 54.2 Å². The lowest BCUT2D eigenvalue weighted by molar-refractivity contribution is 0.942. The van der Waals surface area contributed by atoms with Crippen LogP contribution < -0.4 is 0 Å². The number of hydrogen-bond donors (Lipinski definition) is 0. The van der Waals surface area contributed by atoms with E-state index in [-0.39, 0.29) is 5.92 Å². The number of benzene rings is 2. The molecular weight excluding hydrogens is 288 g/mol. The van der Waals surface area contributed by atoms with Crippen molar-refractivity contribution in [2.45, 2.75) is 19.8 Å². The van der Waals surface area contributed by atoms with Crippen LogP contribution in [0.4, 0.5) is 0 Å². The number of aryl methyl sites for hydroxylation is 1. The molecule has 0 saturated heterocycles. The van der Waals surface area contributed by atoms with E-state index >= 15 is 0 Å². The average Bonchev–Trinajstić information content (AvgIpc) is 3.08. The van der Waals surface area contributed by atoms with Crippen molar-refractivity contribution in [2.75, 3.05) is 0 Å². The first-order valence-electron chi connectivity index (χ1n) is 7.19. The first-order valence-corrected chi connectivity index (χ1v) is 8.07. The Balaban J connectivity index is 2.12. The third-order valence-electron chi connectivity index (χ3n) is 3.98. The van der Waals surface area contributed by atoms with Crippen LogP contribution in [-0.2, 0) is 0 Å². The molecule has 0 bridgehead atoms. The van der Waals surface area contributed by atoms with Crippen molar-refractivity contribution in [3.63, 3.8) is 0 Å².